The third-order valence-electron chi connectivity index (χ3n) is 6.61. The molecule has 1 aromatic heterocycles. The molecule has 33 heavy (non-hydrogen) atoms. The lowest BCUT2D eigenvalue weighted by molar-refractivity contribution is 0.104. The Bertz CT molecular complexity index is 1180. The number of hydrogen-bond acceptors (Lipinski definition) is 6. The summed E-state index contributed by atoms with van der Waals surface area (Å²) in [5, 5.41) is 21.1. The lowest BCUT2D eigenvalue weighted by Crippen LogP contribution is -2.43. The molecule has 2 aliphatic heterocycles. The molecule has 2 saturated heterocycles. The molecule has 2 aliphatic rings. The molecule has 0 spiro atoms. The number of carboxylic acid groups (broad SMARTS) is 1. The van der Waals surface area contributed by atoms with Crippen molar-refractivity contribution >= 4 is 22.8 Å². The van der Waals surface area contributed by atoms with Gasteiger partial charge in [0.05, 0.1) is 23.7 Å². The minimum Gasteiger partial charge on any atom is -0.507 e. The molecule has 0 bridgehead atoms. The number of phenolic OH excluding ortho intramolecular Hbond substituents is 1. The average Bonchev–Trinajstić information content (AvgIpc) is 3.49. The number of anilines is 1. The van der Waals surface area contributed by atoms with E-state index in [1.54, 1.807) is 17.0 Å². The summed E-state index contributed by atoms with van der Waals surface area (Å²) >= 11 is 0. The molecule has 172 valence electrons. The Morgan fingerprint density at radius 1 is 1.21 bits per heavy atom. The maximum Gasteiger partial charge on any atom is 0.407 e. The average molecular weight is 449 g/mol. The number of hydrogen-bond donors (Lipinski definition) is 2. The van der Waals surface area contributed by atoms with E-state index in [1.165, 1.54) is 0 Å². The molecular weight excluding hydrogens is 420 g/mol. The van der Waals surface area contributed by atoms with E-state index >= 15 is 0 Å². The van der Waals surface area contributed by atoms with E-state index in [-0.39, 0.29) is 17.7 Å². The molecule has 5 rings (SSSR count). The van der Waals surface area contributed by atoms with Crippen molar-refractivity contribution < 1.29 is 19.7 Å². The van der Waals surface area contributed by atoms with Crippen LogP contribution < -0.4 is 4.90 Å². The molecule has 2 unspecified atom stereocenters. The van der Waals surface area contributed by atoms with Crippen molar-refractivity contribution in [1.29, 1.82) is 0 Å². The minimum atomic E-state index is -0.881. The quantitative estimate of drug-likeness (QED) is 0.611. The first-order valence-corrected chi connectivity index (χ1v) is 11.4. The van der Waals surface area contributed by atoms with Crippen molar-refractivity contribution in [3.8, 4) is 17.1 Å². The maximum atomic E-state index is 11.9. The van der Waals surface area contributed by atoms with Gasteiger partial charge in [0.15, 0.2) is 5.82 Å². The summed E-state index contributed by atoms with van der Waals surface area (Å²) < 4.78 is 5.41. The van der Waals surface area contributed by atoms with Crippen LogP contribution in [-0.2, 0) is 4.74 Å². The summed E-state index contributed by atoms with van der Waals surface area (Å²) in [5.74, 6) is 1.67. The van der Waals surface area contributed by atoms with Crippen molar-refractivity contribution in [2.75, 3.05) is 37.7 Å². The second-order valence-corrected chi connectivity index (χ2v) is 8.96. The Morgan fingerprint density at radius 2 is 2.06 bits per heavy atom. The van der Waals surface area contributed by atoms with Crippen molar-refractivity contribution in [2.45, 2.75) is 25.8 Å². The number of aromatic nitrogens is 2. The Balaban J connectivity index is 1.45. The number of aryl methyl sites for hydroxylation is 1. The van der Waals surface area contributed by atoms with Crippen molar-refractivity contribution in [1.82, 2.24) is 14.9 Å². The number of para-hydroxylation sites is 1. The van der Waals surface area contributed by atoms with Crippen molar-refractivity contribution in [2.24, 2.45) is 5.92 Å². The molecule has 1 amide bonds. The van der Waals surface area contributed by atoms with Gasteiger partial charge >= 0.3 is 6.09 Å². The number of carbonyl (C=O) groups is 1. The van der Waals surface area contributed by atoms with Gasteiger partial charge in [-0.2, -0.15) is 0 Å². The number of aromatic hydroxyl groups is 1. The Hall–Kier alpha value is -3.39. The molecule has 3 aromatic rings. The molecule has 8 nitrogen and oxygen atoms in total. The predicted molar refractivity (Wildman–Crippen MR) is 126 cm³/mol. The van der Waals surface area contributed by atoms with Crippen LogP contribution in [0.1, 0.15) is 18.4 Å². The Labute approximate surface area is 192 Å². The third-order valence-corrected chi connectivity index (χ3v) is 6.61. The Kier molecular flexibility index (Phi) is 5.76. The van der Waals surface area contributed by atoms with Gasteiger partial charge in [-0.3, -0.25) is 0 Å². The second-order valence-electron chi connectivity index (χ2n) is 8.96. The molecule has 0 aliphatic carbocycles. The van der Waals surface area contributed by atoms with Crippen LogP contribution in [0.25, 0.3) is 22.3 Å². The molecule has 0 radical (unpaired) electrons. The van der Waals surface area contributed by atoms with Gasteiger partial charge in [0.25, 0.3) is 0 Å². The van der Waals surface area contributed by atoms with E-state index in [9.17, 15) is 15.0 Å². The summed E-state index contributed by atoms with van der Waals surface area (Å²) in [6.07, 6.45) is 0.761. The van der Waals surface area contributed by atoms with Gasteiger partial charge in [-0.25, -0.2) is 14.8 Å². The van der Waals surface area contributed by atoms with Crippen LogP contribution in [0, 0.1) is 12.8 Å². The van der Waals surface area contributed by atoms with Crippen LogP contribution in [0.3, 0.4) is 0 Å². The highest BCUT2D eigenvalue weighted by atomic mass is 16.5. The van der Waals surface area contributed by atoms with Crippen LogP contribution in [0.15, 0.2) is 42.5 Å². The van der Waals surface area contributed by atoms with Gasteiger partial charge in [0.1, 0.15) is 11.6 Å². The number of ether oxygens (including phenoxy) is 1. The van der Waals surface area contributed by atoms with Crippen LogP contribution in [0.5, 0.6) is 5.75 Å². The highest BCUT2D eigenvalue weighted by Gasteiger charge is 2.33. The largest absolute Gasteiger partial charge is 0.507 e. The number of phenols is 1. The van der Waals surface area contributed by atoms with E-state index in [4.69, 9.17) is 14.7 Å². The zero-order valence-corrected chi connectivity index (χ0v) is 18.6. The summed E-state index contributed by atoms with van der Waals surface area (Å²) in [4.78, 5) is 25.3. The zero-order valence-electron chi connectivity index (χ0n) is 18.6. The van der Waals surface area contributed by atoms with Gasteiger partial charge < -0.3 is 24.7 Å². The van der Waals surface area contributed by atoms with Crippen LogP contribution in [0.4, 0.5) is 10.6 Å². The molecule has 2 aromatic carbocycles. The van der Waals surface area contributed by atoms with E-state index < -0.39 is 6.09 Å². The van der Waals surface area contributed by atoms with E-state index in [1.807, 2.05) is 31.2 Å². The zero-order chi connectivity index (χ0) is 22.9. The van der Waals surface area contributed by atoms with Gasteiger partial charge in [0, 0.05) is 31.6 Å². The first-order valence-electron chi connectivity index (χ1n) is 11.4. The van der Waals surface area contributed by atoms with E-state index in [0.29, 0.717) is 31.1 Å². The van der Waals surface area contributed by atoms with Crippen molar-refractivity contribution in [3.63, 3.8) is 0 Å². The van der Waals surface area contributed by atoms with E-state index in [0.717, 1.165) is 48.2 Å². The van der Waals surface area contributed by atoms with Gasteiger partial charge in [0.2, 0.25) is 0 Å². The fourth-order valence-corrected chi connectivity index (χ4v) is 4.85. The van der Waals surface area contributed by atoms with Crippen LogP contribution in [-0.4, -0.2) is 70.1 Å². The molecular formula is C25H28N4O4. The first-order chi connectivity index (χ1) is 16.0. The number of fused-ring (bicyclic) bond motifs is 1. The number of rotatable bonds is 5. The molecule has 2 atom stereocenters. The summed E-state index contributed by atoms with van der Waals surface area (Å²) in [5.41, 5.74) is 2.53. The summed E-state index contributed by atoms with van der Waals surface area (Å²) in [6, 6.07) is 13.2. The third kappa shape index (κ3) is 4.30. The summed E-state index contributed by atoms with van der Waals surface area (Å²) in [7, 11) is 0. The standard InChI is InChI=1S/C25H28N4O4/c1-16-6-7-19-21(12-16)26-23(20-4-2-3-5-22(20)30)27-24(19)28-10-8-17(13-28)14-29(25(31)32)18-9-11-33-15-18/h2-7,12,17-18,30H,8-11,13-15H2,1H3,(H,31,32). The lowest BCUT2D eigenvalue weighted by Gasteiger charge is -2.28. The first kappa shape index (κ1) is 21.5. The van der Waals surface area contributed by atoms with E-state index in [2.05, 4.69) is 11.0 Å². The smallest absolute Gasteiger partial charge is 0.407 e. The normalized spacial score (nSPS) is 20.5. The minimum absolute atomic E-state index is 0.0629. The number of amides is 1. The van der Waals surface area contributed by atoms with Crippen molar-refractivity contribution in [3.05, 3.63) is 48.0 Å². The molecule has 0 saturated carbocycles. The topological polar surface area (TPSA) is 99.0 Å². The molecule has 3 heterocycles. The highest BCUT2D eigenvalue weighted by Crippen LogP contribution is 2.34. The maximum absolute atomic E-state index is 11.9. The predicted octanol–water partition coefficient (Wildman–Crippen LogP) is 3.91. The molecule has 2 fully saturated rings. The lowest BCUT2D eigenvalue weighted by atomic mass is 10.1. The SMILES string of the molecule is Cc1ccc2c(N3CCC(CN(C(=O)O)C4CCOC4)C3)nc(-c3ccccc3O)nc2c1. The van der Waals surface area contributed by atoms with Crippen LogP contribution >= 0.6 is 0 Å². The highest BCUT2D eigenvalue weighted by molar-refractivity contribution is 5.92. The number of nitrogens with zero attached hydrogens (tertiary/aromatic N) is 4. The molecule has 8 heteroatoms. The number of benzene rings is 2. The second kappa shape index (κ2) is 8.86. The summed E-state index contributed by atoms with van der Waals surface area (Å²) in [6.45, 7) is 5.13. The monoisotopic (exact) mass is 448 g/mol. The Morgan fingerprint density at radius 3 is 2.82 bits per heavy atom. The van der Waals surface area contributed by atoms with Gasteiger partial charge in [-0.05, 0) is 55.5 Å². The van der Waals surface area contributed by atoms with Gasteiger partial charge in [-0.15, -0.1) is 0 Å². The van der Waals surface area contributed by atoms with Crippen LogP contribution in [0.2, 0.25) is 0 Å². The van der Waals surface area contributed by atoms with Gasteiger partial charge in [-0.1, -0.05) is 18.2 Å². The fourth-order valence-electron chi connectivity index (χ4n) is 4.85. The molecule has 2 N–H and O–H groups in total. The fraction of sp³-hybridized carbons (Fsp3) is 0.400.